The number of nitrogens with one attached hydrogen (secondary N) is 1. The quantitative estimate of drug-likeness (QED) is 0.806. The van der Waals surface area contributed by atoms with E-state index in [1.54, 1.807) is 12.3 Å². The van der Waals surface area contributed by atoms with Gasteiger partial charge in [-0.05, 0) is 37.5 Å². The van der Waals surface area contributed by atoms with E-state index in [1.807, 2.05) is 6.07 Å². The first-order valence-electron chi connectivity index (χ1n) is 6.31. The average molecular weight is 266 g/mol. The van der Waals surface area contributed by atoms with Gasteiger partial charge in [0.1, 0.15) is 6.10 Å². The fourth-order valence-electron chi connectivity index (χ4n) is 2.03. The molecule has 1 saturated carbocycles. The van der Waals surface area contributed by atoms with Crippen molar-refractivity contribution in [1.29, 1.82) is 0 Å². The Morgan fingerprint density at radius 2 is 2.22 bits per heavy atom. The SMILES string of the molecule is O=C(CCS)Nc1ccc(OC2CCCC2)nc1. The van der Waals surface area contributed by atoms with Gasteiger partial charge in [0.05, 0.1) is 11.9 Å². The number of hydrogen-bond donors (Lipinski definition) is 2. The third-order valence-electron chi connectivity index (χ3n) is 2.95. The van der Waals surface area contributed by atoms with Crippen LogP contribution in [0.25, 0.3) is 0 Å². The van der Waals surface area contributed by atoms with Crippen molar-refractivity contribution in [2.45, 2.75) is 38.2 Å². The van der Waals surface area contributed by atoms with Gasteiger partial charge in [-0.25, -0.2) is 4.98 Å². The molecule has 98 valence electrons. The normalized spacial score (nSPS) is 15.6. The number of carbonyl (C=O) groups is 1. The Balaban J connectivity index is 1.86. The van der Waals surface area contributed by atoms with Gasteiger partial charge in [0.15, 0.2) is 0 Å². The number of hydrogen-bond acceptors (Lipinski definition) is 4. The van der Waals surface area contributed by atoms with Crippen LogP contribution in [0, 0.1) is 0 Å². The summed E-state index contributed by atoms with van der Waals surface area (Å²) in [6, 6.07) is 3.61. The van der Waals surface area contributed by atoms with E-state index < -0.39 is 0 Å². The predicted molar refractivity (Wildman–Crippen MR) is 74.2 cm³/mol. The molecule has 4 nitrogen and oxygen atoms in total. The van der Waals surface area contributed by atoms with Crippen LogP contribution < -0.4 is 10.1 Å². The lowest BCUT2D eigenvalue weighted by Gasteiger charge is -2.12. The fourth-order valence-corrected chi connectivity index (χ4v) is 2.23. The summed E-state index contributed by atoms with van der Waals surface area (Å²) in [7, 11) is 0. The molecule has 5 heteroatoms. The molecular weight excluding hydrogens is 248 g/mol. The molecule has 0 spiro atoms. The monoisotopic (exact) mass is 266 g/mol. The Hall–Kier alpha value is -1.23. The zero-order valence-electron chi connectivity index (χ0n) is 10.3. The molecule has 0 aliphatic heterocycles. The number of rotatable bonds is 5. The second-order valence-electron chi connectivity index (χ2n) is 4.43. The first-order valence-corrected chi connectivity index (χ1v) is 6.94. The van der Waals surface area contributed by atoms with Gasteiger partial charge in [-0.2, -0.15) is 12.6 Å². The van der Waals surface area contributed by atoms with Gasteiger partial charge in [-0.1, -0.05) is 0 Å². The zero-order valence-corrected chi connectivity index (χ0v) is 11.2. The van der Waals surface area contributed by atoms with Crippen LogP contribution in [-0.2, 0) is 4.79 Å². The molecule has 1 fully saturated rings. The van der Waals surface area contributed by atoms with Gasteiger partial charge in [0.2, 0.25) is 11.8 Å². The maximum Gasteiger partial charge on any atom is 0.225 e. The molecule has 0 bridgehead atoms. The highest BCUT2D eigenvalue weighted by atomic mass is 32.1. The summed E-state index contributed by atoms with van der Waals surface area (Å²) < 4.78 is 5.75. The minimum atomic E-state index is -0.0451. The summed E-state index contributed by atoms with van der Waals surface area (Å²) in [5, 5.41) is 2.76. The largest absolute Gasteiger partial charge is 0.474 e. The standard InChI is InChI=1S/C13H18N2O2S/c16-12(7-8-18)15-10-5-6-13(14-9-10)17-11-3-1-2-4-11/h5-6,9,11,18H,1-4,7-8H2,(H,15,16). The summed E-state index contributed by atoms with van der Waals surface area (Å²) in [6.45, 7) is 0. The summed E-state index contributed by atoms with van der Waals surface area (Å²) in [4.78, 5) is 15.6. The molecule has 1 aliphatic rings. The van der Waals surface area contributed by atoms with E-state index in [-0.39, 0.29) is 5.91 Å². The van der Waals surface area contributed by atoms with Gasteiger partial charge in [-0.15, -0.1) is 0 Å². The smallest absolute Gasteiger partial charge is 0.225 e. The third-order valence-corrected chi connectivity index (χ3v) is 3.17. The summed E-state index contributed by atoms with van der Waals surface area (Å²) in [6.07, 6.45) is 7.04. The minimum Gasteiger partial charge on any atom is -0.474 e. The maximum atomic E-state index is 11.4. The van der Waals surface area contributed by atoms with Crippen LogP contribution in [0.1, 0.15) is 32.1 Å². The molecule has 1 heterocycles. The van der Waals surface area contributed by atoms with Crippen molar-refractivity contribution in [3.05, 3.63) is 18.3 Å². The van der Waals surface area contributed by atoms with Crippen LogP contribution in [0.5, 0.6) is 5.88 Å². The Morgan fingerprint density at radius 3 is 2.83 bits per heavy atom. The first kappa shape index (κ1) is 13.2. The molecule has 0 aromatic carbocycles. The summed E-state index contributed by atoms with van der Waals surface area (Å²) >= 11 is 4.01. The molecule has 1 N–H and O–H groups in total. The minimum absolute atomic E-state index is 0.0451. The molecule has 2 rings (SSSR count). The predicted octanol–water partition coefficient (Wildman–Crippen LogP) is 2.66. The van der Waals surface area contributed by atoms with E-state index in [0.29, 0.717) is 29.8 Å². The van der Waals surface area contributed by atoms with Crippen LogP contribution >= 0.6 is 12.6 Å². The van der Waals surface area contributed by atoms with Gasteiger partial charge in [0, 0.05) is 12.5 Å². The van der Waals surface area contributed by atoms with E-state index >= 15 is 0 Å². The number of ether oxygens (including phenoxy) is 1. The number of aromatic nitrogens is 1. The van der Waals surface area contributed by atoms with Crippen molar-refractivity contribution in [3.63, 3.8) is 0 Å². The zero-order chi connectivity index (χ0) is 12.8. The first-order chi connectivity index (χ1) is 8.78. The summed E-state index contributed by atoms with van der Waals surface area (Å²) in [5.74, 6) is 1.13. The number of amides is 1. The lowest BCUT2D eigenvalue weighted by molar-refractivity contribution is -0.115. The molecule has 1 aromatic rings. The second kappa shape index (κ2) is 6.64. The number of carbonyl (C=O) groups excluding carboxylic acids is 1. The molecule has 0 unspecified atom stereocenters. The Kier molecular flexibility index (Phi) is 4.87. The Labute approximate surface area is 113 Å². The van der Waals surface area contributed by atoms with E-state index in [9.17, 15) is 4.79 Å². The topological polar surface area (TPSA) is 51.2 Å². The lowest BCUT2D eigenvalue weighted by Crippen LogP contribution is -2.13. The van der Waals surface area contributed by atoms with E-state index in [4.69, 9.17) is 4.74 Å². The van der Waals surface area contributed by atoms with Crippen molar-refractivity contribution in [2.75, 3.05) is 11.1 Å². The third kappa shape index (κ3) is 3.91. The van der Waals surface area contributed by atoms with Gasteiger partial charge >= 0.3 is 0 Å². The molecular formula is C13H18N2O2S. The average Bonchev–Trinajstić information content (AvgIpc) is 2.85. The van der Waals surface area contributed by atoms with Crippen molar-refractivity contribution >= 4 is 24.2 Å². The lowest BCUT2D eigenvalue weighted by atomic mass is 10.3. The van der Waals surface area contributed by atoms with Gasteiger partial charge in [0.25, 0.3) is 0 Å². The highest BCUT2D eigenvalue weighted by Crippen LogP contribution is 2.23. The molecule has 0 radical (unpaired) electrons. The number of anilines is 1. The van der Waals surface area contributed by atoms with Crippen molar-refractivity contribution in [3.8, 4) is 5.88 Å². The Morgan fingerprint density at radius 1 is 1.44 bits per heavy atom. The molecule has 0 atom stereocenters. The van der Waals surface area contributed by atoms with E-state index in [0.717, 1.165) is 12.8 Å². The molecule has 1 aromatic heterocycles. The van der Waals surface area contributed by atoms with E-state index in [1.165, 1.54) is 12.8 Å². The van der Waals surface area contributed by atoms with E-state index in [2.05, 4.69) is 22.9 Å². The van der Waals surface area contributed by atoms with Crippen LogP contribution in [0.2, 0.25) is 0 Å². The highest BCUT2D eigenvalue weighted by molar-refractivity contribution is 7.80. The molecule has 0 saturated heterocycles. The van der Waals surface area contributed by atoms with Crippen molar-refractivity contribution < 1.29 is 9.53 Å². The second-order valence-corrected chi connectivity index (χ2v) is 4.88. The Bertz CT molecular complexity index is 388. The fraction of sp³-hybridized carbons (Fsp3) is 0.538. The van der Waals surface area contributed by atoms with Crippen LogP contribution in [0.15, 0.2) is 18.3 Å². The molecule has 1 aliphatic carbocycles. The van der Waals surface area contributed by atoms with Crippen LogP contribution in [-0.4, -0.2) is 22.7 Å². The van der Waals surface area contributed by atoms with Crippen molar-refractivity contribution in [2.24, 2.45) is 0 Å². The number of pyridine rings is 1. The van der Waals surface area contributed by atoms with Gasteiger partial charge < -0.3 is 10.1 Å². The highest BCUT2D eigenvalue weighted by Gasteiger charge is 2.16. The van der Waals surface area contributed by atoms with Gasteiger partial charge in [-0.3, -0.25) is 4.79 Å². The molecule has 1 amide bonds. The van der Waals surface area contributed by atoms with Crippen molar-refractivity contribution in [1.82, 2.24) is 4.98 Å². The summed E-state index contributed by atoms with van der Waals surface area (Å²) in [5.41, 5.74) is 0.695. The number of thiol groups is 1. The maximum absolute atomic E-state index is 11.4. The number of nitrogens with zero attached hydrogens (tertiary/aromatic N) is 1. The molecule has 18 heavy (non-hydrogen) atoms. The van der Waals surface area contributed by atoms with Crippen LogP contribution in [0.4, 0.5) is 5.69 Å². The van der Waals surface area contributed by atoms with Crippen LogP contribution in [0.3, 0.4) is 0 Å².